The van der Waals surface area contributed by atoms with Crippen LogP contribution in [0.1, 0.15) is 24.8 Å². The molecule has 114 valence electrons. The molecule has 0 heterocycles. The zero-order valence-corrected chi connectivity index (χ0v) is 12.3. The third-order valence-corrected chi connectivity index (χ3v) is 3.02. The summed E-state index contributed by atoms with van der Waals surface area (Å²) in [4.78, 5) is 23.4. The molecular formula is C15H20N2O4. The number of unbranched alkanes of at least 4 members (excludes halogenated alkanes) is 1. The lowest BCUT2D eigenvalue weighted by atomic mass is 10.0. The number of non-ortho nitro benzene ring substituents is 1. The van der Waals surface area contributed by atoms with Crippen molar-refractivity contribution >= 4 is 17.7 Å². The second-order valence-electron chi connectivity index (χ2n) is 5.08. The van der Waals surface area contributed by atoms with E-state index in [9.17, 15) is 20.0 Å². The minimum absolute atomic E-state index is 0.00462. The van der Waals surface area contributed by atoms with Crippen LogP contribution >= 0.6 is 0 Å². The molecule has 0 aromatic heterocycles. The van der Waals surface area contributed by atoms with Crippen LogP contribution < -0.4 is 0 Å². The molecule has 0 saturated carbocycles. The molecule has 6 nitrogen and oxygen atoms in total. The summed E-state index contributed by atoms with van der Waals surface area (Å²) in [5.74, 6) is -0.946. The Morgan fingerprint density at radius 3 is 2.38 bits per heavy atom. The molecule has 0 spiro atoms. The number of rotatable bonds is 8. The van der Waals surface area contributed by atoms with Crippen molar-refractivity contribution in [2.45, 2.75) is 19.3 Å². The van der Waals surface area contributed by atoms with Crippen LogP contribution in [0.4, 0.5) is 5.69 Å². The standard InChI is InChI=1S/C15H20N2O4/c1-16(2)10-4-3-5-13(15(18)19)11-12-6-8-14(9-7-12)17(20)21/h6-9,11H,3-5,10H2,1-2H3,(H,18,19)/b13-11+. The molecule has 0 bridgehead atoms. The average molecular weight is 292 g/mol. The molecule has 0 aliphatic carbocycles. The number of carboxylic acid groups (broad SMARTS) is 1. The van der Waals surface area contributed by atoms with E-state index < -0.39 is 10.9 Å². The zero-order valence-electron chi connectivity index (χ0n) is 12.3. The van der Waals surface area contributed by atoms with Crippen molar-refractivity contribution in [1.29, 1.82) is 0 Å². The molecule has 6 heteroatoms. The number of nitrogens with zero attached hydrogens (tertiary/aromatic N) is 2. The quantitative estimate of drug-likeness (QED) is 0.345. The van der Waals surface area contributed by atoms with Crippen molar-refractivity contribution < 1.29 is 14.8 Å². The Hall–Kier alpha value is -2.21. The third kappa shape index (κ3) is 6.18. The van der Waals surface area contributed by atoms with Gasteiger partial charge in [-0.15, -0.1) is 0 Å². The van der Waals surface area contributed by atoms with E-state index in [-0.39, 0.29) is 5.69 Å². The largest absolute Gasteiger partial charge is 0.478 e. The molecule has 0 aliphatic rings. The predicted molar refractivity (Wildman–Crippen MR) is 81.1 cm³/mol. The van der Waals surface area contributed by atoms with Crippen LogP contribution in [0.15, 0.2) is 29.8 Å². The van der Waals surface area contributed by atoms with Crippen LogP contribution in [0.3, 0.4) is 0 Å². The summed E-state index contributed by atoms with van der Waals surface area (Å²) in [5, 5.41) is 19.8. The van der Waals surface area contributed by atoms with Gasteiger partial charge < -0.3 is 10.0 Å². The summed E-state index contributed by atoms with van der Waals surface area (Å²) in [7, 11) is 3.95. The van der Waals surface area contributed by atoms with Crippen molar-refractivity contribution in [2.75, 3.05) is 20.6 Å². The van der Waals surface area contributed by atoms with E-state index in [1.54, 1.807) is 18.2 Å². The first-order chi connectivity index (χ1) is 9.90. The Morgan fingerprint density at radius 1 is 1.29 bits per heavy atom. The number of hydrogen-bond acceptors (Lipinski definition) is 4. The van der Waals surface area contributed by atoms with E-state index >= 15 is 0 Å². The number of hydrogen-bond donors (Lipinski definition) is 1. The maximum atomic E-state index is 11.2. The van der Waals surface area contributed by atoms with Crippen LogP contribution in [-0.2, 0) is 4.79 Å². The third-order valence-electron chi connectivity index (χ3n) is 3.02. The van der Waals surface area contributed by atoms with E-state index in [1.807, 2.05) is 14.1 Å². The number of carbonyl (C=O) groups is 1. The maximum Gasteiger partial charge on any atom is 0.331 e. The second-order valence-corrected chi connectivity index (χ2v) is 5.08. The number of nitro groups is 1. The van der Waals surface area contributed by atoms with Gasteiger partial charge in [0.2, 0.25) is 0 Å². The molecule has 0 unspecified atom stereocenters. The highest BCUT2D eigenvalue weighted by Gasteiger charge is 2.08. The van der Waals surface area contributed by atoms with Gasteiger partial charge >= 0.3 is 5.97 Å². The average Bonchev–Trinajstić information content (AvgIpc) is 2.42. The van der Waals surface area contributed by atoms with Crippen LogP contribution in [0, 0.1) is 10.1 Å². The van der Waals surface area contributed by atoms with Crippen molar-refractivity contribution in [3.05, 3.63) is 45.5 Å². The summed E-state index contributed by atoms with van der Waals surface area (Å²) in [6.07, 6.45) is 3.78. The fourth-order valence-electron chi connectivity index (χ4n) is 1.88. The number of nitro benzene ring substituents is 1. The van der Waals surface area contributed by atoms with Gasteiger partial charge in [-0.25, -0.2) is 4.79 Å². The van der Waals surface area contributed by atoms with Crippen LogP contribution in [0.2, 0.25) is 0 Å². The van der Waals surface area contributed by atoms with Crippen molar-refractivity contribution in [2.24, 2.45) is 0 Å². The predicted octanol–water partition coefficient (Wildman–Crippen LogP) is 2.79. The van der Waals surface area contributed by atoms with E-state index in [2.05, 4.69) is 4.90 Å². The summed E-state index contributed by atoms with van der Waals surface area (Å²) in [6, 6.07) is 5.86. The molecule has 1 aromatic rings. The first-order valence-electron chi connectivity index (χ1n) is 6.73. The van der Waals surface area contributed by atoms with Crippen LogP contribution in [-0.4, -0.2) is 41.5 Å². The van der Waals surface area contributed by atoms with Crippen LogP contribution in [0.25, 0.3) is 6.08 Å². The lowest BCUT2D eigenvalue weighted by molar-refractivity contribution is -0.384. The molecule has 0 saturated heterocycles. The zero-order chi connectivity index (χ0) is 15.8. The Labute approximate surface area is 123 Å². The van der Waals surface area contributed by atoms with Gasteiger partial charge in [0.25, 0.3) is 5.69 Å². The Bertz CT molecular complexity index is 521. The van der Waals surface area contributed by atoms with Crippen molar-refractivity contribution in [3.63, 3.8) is 0 Å². The minimum atomic E-state index is -0.946. The second kappa shape index (κ2) is 8.16. The topological polar surface area (TPSA) is 83.7 Å². The summed E-state index contributed by atoms with van der Waals surface area (Å²) < 4.78 is 0. The van der Waals surface area contributed by atoms with E-state index in [0.717, 1.165) is 19.4 Å². The van der Waals surface area contributed by atoms with E-state index in [0.29, 0.717) is 17.6 Å². The van der Waals surface area contributed by atoms with E-state index in [4.69, 9.17) is 0 Å². The summed E-state index contributed by atoms with van der Waals surface area (Å²) >= 11 is 0. The minimum Gasteiger partial charge on any atom is -0.478 e. The van der Waals surface area contributed by atoms with E-state index in [1.165, 1.54) is 12.1 Å². The maximum absolute atomic E-state index is 11.2. The number of benzene rings is 1. The fourth-order valence-corrected chi connectivity index (χ4v) is 1.88. The van der Waals surface area contributed by atoms with Crippen LogP contribution in [0.5, 0.6) is 0 Å². The first kappa shape index (κ1) is 16.8. The summed E-state index contributed by atoms with van der Waals surface area (Å²) in [6.45, 7) is 0.921. The molecule has 0 fully saturated rings. The Morgan fingerprint density at radius 2 is 1.90 bits per heavy atom. The lowest BCUT2D eigenvalue weighted by Crippen LogP contribution is -2.13. The molecule has 0 aliphatic heterocycles. The first-order valence-corrected chi connectivity index (χ1v) is 6.73. The smallest absolute Gasteiger partial charge is 0.331 e. The fraction of sp³-hybridized carbons (Fsp3) is 0.400. The molecule has 1 N–H and O–H groups in total. The SMILES string of the molecule is CN(C)CCCC/C(=C\c1ccc([N+](=O)[O-])cc1)C(=O)O. The van der Waals surface area contributed by atoms with Gasteiger partial charge in [0.15, 0.2) is 0 Å². The molecule has 0 atom stereocenters. The normalized spacial score (nSPS) is 11.7. The molecule has 21 heavy (non-hydrogen) atoms. The molecule has 0 amide bonds. The van der Waals surface area contributed by atoms with Gasteiger partial charge in [-0.2, -0.15) is 0 Å². The summed E-state index contributed by atoms with van der Waals surface area (Å²) in [5.41, 5.74) is 0.975. The molecule has 1 rings (SSSR count). The Balaban J connectivity index is 2.70. The van der Waals surface area contributed by atoms with Crippen molar-refractivity contribution in [3.8, 4) is 0 Å². The van der Waals surface area contributed by atoms with Crippen molar-refractivity contribution in [1.82, 2.24) is 4.90 Å². The molecular weight excluding hydrogens is 272 g/mol. The highest BCUT2D eigenvalue weighted by atomic mass is 16.6. The number of carboxylic acids is 1. The van der Waals surface area contributed by atoms with Gasteiger partial charge in [-0.05, 0) is 63.7 Å². The van der Waals surface area contributed by atoms with Gasteiger partial charge in [0.1, 0.15) is 0 Å². The lowest BCUT2D eigenvalue weighted by Gasteiger charge is -2.09. The van der Waals surface area contributed by atoms with Gasteiger partial charge in [0, 0.05) is 17.7 Å². The van der Waals surface area contributed by atoms with Gasteiger partial charge in [-0.3, -0.25) is 10.1 Å². The number of aliphatic carboxylic acids is 1. The molecule has 1 aromatic carbocycles. The molecule has 0 radical (unpaired) electrons. The van der Waals surface area contributed by atoms with Gasteiger partial charge in [0.05, 0.1) is 4.92 Å². The highest BCUT2D eigenvalue weighted by molar-refractivity contribution is 5.92. The Kier molecular flexibility index (Phi) is 6.55. The monoisotopic (exact) mass is 292 g/mol. The highest BCUT2D eigenvalue weighted by Crippen LogP contribution is 2.17. The van der Waals surface area contributed by atoms with Gasteiger partial charge in [-0.1, -0.05) is 0 Å².